The molecule has 1 atom stereocenters. The molecule has 1 unspecified atom stereocenters. The summed E-state index contributed by atoms with van der Waals surface area (Å²) < 4.78 is 1.18. The second kappa shape index (κ2) is 6.44. The summed E-state index contributed by atoms with van der Waals surface area (Å²) in [6, 6.07) is 7.92. The standard InChI is InChI=1S/C13H14BrCl.CH2O3/c1-13(2)8-10(13)7-12(14)9-3-5-11(15)6-4-9;2-1(3)4/h3-7,10H,8H2,1-2H3;(H2,2,3,4). The highest BCUT2D eigenvalue weighted by molar-refractivity contribution is 9.15. The van der Waals surface area contributed by atoms with Crippen LogP contribution in [0.1, 0.15) is 25.8 Å². The van der Waals surface area contributed by atoms with Gasteiger partial charge in [-0.2, -0.15) is 0 Å². The smallest absolute Gasteiger partial charge is 0.450 e. The van der Waals surface area contributed by atoms with Crippen molar-refractivity contribution in [2.45, 2.75) is 20.3 Å². The molecule has 2 N–H and O–H groups in total. The van der Waals surface area contributed by atoms with Crippen molar-refractivity contribution in [2.75, 3.05) is 0 Å². The van der Waals surface area contributed by atoms with Gasteiger partial charge in [-0.1, -0.05) is 59.6 Å². The maximum atomic E-state index is 8.56. The molecule has 1 saturated carbocycles. The third-order valence-electron chi connectivity index (χ3n) is 3.06. The van der Waals surface area contributed by atoms with Crippen LogP contribution >= 0.6 is 27.5 Å². The maximum Gasteiger partial charge on any atom is 0.503 e. The molecule has 104 valence electrons. The van der Waals surface area contributed by atoms with Gasteiger partial charge in [-0.25, -0.2) is 4.79 Å². The van der Waals surface area contributed by atoms with E-state index in [0.29, 0.717) is 11.3 Å². The van der Waals surface area contributed by atoms with E-state index < -0.39 is 6.16 Å². The third kappa shape index (κ3) is 5.66. The quantitative estimate of drug-likeness (QED) is 0.758. The van der Waals surface area contributed by atoms with Gasteiger partial charge in [0.25, 0.3) is 0 Å². The van der Waals surface area contributed by atoms with Crippen LogP contribution in [0, 0.1) is 11.3 Å². The number of hydrogen-bond donors (Lipinski definition) is 2. The summed E-state index contributed by atoms with van der Waals surface area (Å²) in [5.41, 5.74) is 1.69. The van der Waals surface area contributed by atoms with Gasteiger partial charge in [0, 0.05) is 9.51 Å². The van der Waals surface area contributed by atoms with Crippen LogP contribution in [0.4, 0.5) is 4.79 Å². The Hall–Kier alpha value is -1.00. The summed E-state index contributed by atoms with van der Waals surface area (Å²) in [4.78, 5) is 8.56. The fourth-order valence-electron chi connectivity index (χ4n) is 1.67. The van der Waals surface area contributed by atoms with Crippen LogP contribution in [0.5, 0.6) is 0 Å². The number of benzene rings is 1. The Morgan fingerprint density at radius 2 is 1.79 bits per heavy atom. The van der Waals surface area contributed by atoms with Crippen molar-refractivity contribution in [1.82, 2.24) is 0 Å². The van der Waals surface area contributed by atoms with Gasteiger partial charge in [-0.15, -0.1) is 0 Å². The van der Waals surface area contributed by atoms with Crippen LogP contribution < -0.4 is 0 Å². The van der Waals surface area contributed by atoms with E-state index in [-0.39, 0.29) is 0 Å². The van der Waals surface area contributed by atoms with Crippen molar-refractivity contribution >= 4 is 38.2 Å². The van der Waals surface area contributed by atoms with Crippen LogP contribution in [0.3, 0.4) is 0 Å². The van der Waals surface area contributed by atoms with Crippen molar-refractivity contribution in [3.8, 4) is 0 Å². The summed E-state index contributed by atoms with van der Waals surface area (Å²) in [6.45, 7) is 4.60. The molecule has 0 aliphatic heterocycles. The average molecular weight is 348 g/mol. The Morgan fingerprint density at radius 1 is 1.37 bits per heavy atom. The second-order valence-corrected chi connectivity index (χ2v) is 6.39. The van der Waals surface area contributed by atoms with Crippen molar-refractivity contribution < 1.29 is 15.0 Å². The zero-order valence-corrected chi connectivity index (χ0v) is 13.1. The first-order valence-electron chi connectivity index (χ1n) is 5.77. The summed E-state index contributed by atoms with van der Waals surface area (Å²) in [7, 11) is 0. The molecule has 1 aromatic rings. The highest BCUT2D eigenvalue weighted by Crippen LogP contribution is 2.53. The highest BCUT2D eigenvalue weighted by Gasteiger charge is 2.43. The lowest BCUT2D eigenvalue weighted by atomic mass is 10.1. The third-order valence-corrected chi connectivity index (χ3v) is 4.03. The molecule has 1 aliphatic rings. The fraction of sp³-hybridized carbons (Fsp3) is 0.357. The highest BCUT2D eigenvalue weighted by atomic mass is 79.9. The van der Waals surface area contributed by atoms with Crippen molar-refractivity contribution in [3.05, 3.63) is 40.9 Å². The van der Waals surface area contributed by atoms with E-state index >= 15 is 0 Å². The molecule has 1 aliphatic carbocycles. The predicted molar refractivity (Wildman–Crippen MR) is 80.9 cm³/mol. The van der Waals surface area contributed by atoms with Gasteiger partial charge in [0.2, 0.25) is 0 Å². The Morgan fingerprint density at radius 3 is 2.16 bits per heavy atom. The van der Waals surface area contributed by atoms with E-state index in [4.69, 9.17) is 26.6 Å². The lowest BCUT2D eigenvalue weighted by Gasteiger charge is -2.01. The molecule has 0 amide bonds. The Labute approximate surface area is 126 Å². The first kappa shape index (κ1) is 16.1. The van der Waals surface area contributed by atoms with Gasteiger partial charge in [-0.3, -0.25) is 0 Å². The predicted octanol–water partition coefficient (Wildman–Crippen LogP) is 5.34. The molecule has 2 rings (SSSR count). The first-order chi connectivity index (χ1) is 8.72. The molecule has 0 saturated heterocycles. The monoisotopic (exact) mass is 346 g/mol. The number of halogens is 2. The molecule has 0 aromatic heterocycles. The zero-order chi connectivity index (χ0) is 14.6. The minimum atomic E-state index is -1.83. The molecule has 5 heteroatoms. The van der Waals surface area contributed by atoms with Gasteiger partial charge < -0.3 is 10.2 Å². The molecular weight excluding hydrogens is 332 g/mol. The minimum Gasteiger partial charge on any atom is -0.450 e. The van der Waals surface area contributed by atoms with Gasteiger partial charge in [0.1, 0.15) is 0 Å². The molecule has 0 radical (unpaired) electrons. The van der Waals surface area contributed by atoms with Gasteiger partial charge >= 0.3 is 6.16 Å². The summed E-state index contributed by atoms with van der Waals surface area (Å²) in [5, 5.41) is 14.7. The lowest BCUT2D eigenvalue weighted by Crippen LogP contribution is -1.87. The number of carbonyl (C=O) groups is 1. The zero-order valence-electron chi connectivity index (χ0n) is 10.7. The van der Waals surface area contributed by atoms with E-state index in [1.165, 1.54) is 16.5 Å². The first-order valence-corrected chi connectivity index (χ1v) is 6.94. The molecule has 0 heterocycles. The number of allylic oxidation sites excluding steroid dienone is 1. The Bertz CT molecular complexity index is 476. The second-order valence-electron chi connectivity index (χ2n) is 5.10. The topological polar surface area (TPSA) is 57.5 Å². The van der Waals surface area contributed by atoms with Crippen molar-refractivity contribution in [2.24, 2.45) is 11.3 Å². The van der Waals surface area contributed by atoms with E-state index in [9.17, 15) is 0 Å². The molecule has 19 heavy (non-hydrogen) atoms. The fourth-order valence-corrected chi connectivity index (χ4v) is 2.38. The van der Waals surface area contributed by atoms with E-state index in [2.05, 4.69) is 35.9 Å². The van der Waals surface area contributed by atoms with Gasteiger partial charge in [-0.05, 0) is 35.4 Å². The largest absolute Gasteiger partial charge is 0.503 e. The van der Waals surface area contributed by atoms with Crippen molar-refractivity contribution in [3.63, 3.8) is 0 Å². The maximum absolute atomic E-state index is 8.56. The lowest BCUT2D eigenvalue weighted by molar-refractivity contribution is 0.137. The van der Waals surface area contributed by atoms with Crippen molar-refractivity contribution in [1.29, 1.82) is 0 Å². The Kier molecular flexibility index (Phi) is 5.44. The minimum absolute atomic E-state index is 0.492. The summed E-state index contributed by atoms with van der Waals surface area (Å²) in [6.07, 6.45) is 1.76. The molecule has 0 bridgehead atoms. The Balaban J connectivity index is 0.000000399. The van der Waals surface area contributed by atoms with E-state index in [1.54, 1.807) is 0 Å². The van der Waals surface area contributed by atoms with E-state index in [1.807, 2.05) is 24.3 Å². The number of hydrogen-bond acceptors (Lipinski definition) is 1. The normalized spacial score (nSPS) is 20.2. The van der Waals surface area contributed by atoms with Crippen LogP contribution in [-0.2, 0) is 0 Å². The molecular formula is C14H16BrClO3. The van der Waals surface area contributed by atoms with E-state index in [0.717, 1.165) is 5.02 Å². The molecule has 1 aromatic carbocycles. The average Bonchev–Trinajstić information content (AvgIpc) is 2.85. The molecule has 0 spiro atoms. The summed E-state index contributed by atoms with van der Waals surface area (Å²) >= 11 is 9.47. The van der Waals surface area contributed by atoms with Gasteiger partial charge in [0.15, 0.2) is 0 Å². The van der Waals surface area contributed by atoms with Crippen LogP contribution in [0.15, 0.2) is 30.3 Å². The van der Waals surface area contributed by atoms with Gasteiger partial charge in [0.05, 0.1) is 0 Å². The van der Waals surface area contributed by atoms with Crippen LogP contribution in [-0.4, -0.2) is 16.4 Å². The van der Waals surface area contributed by atoms with Crippen LogP contribution in [0.25, 0.3) is 4.48 Å². The summed E-state index contributed by atoms with van der Waals surface area (Å²) in [5.74, 6) is 0.711. The SMILES string of the molecule is CC1(C)CC1C=C(Br)c1ccc(Cl)cc1.O=C(O)O. The molecule has 3 nitrogen and oxygen atoms in total. The number of carboxylic acid groups (broad SMARTS) is 2. The molecule has 1 fully saturated rings. The van der Waals surface area contributed by atoms with Crippen LogP contribution in [0.2, 0.25) is 5.02 Å². The number of rotatable bonds is 2.